The number of nitrogens with zero attached hydrogens (tertiary/aromatic N) is 2. The van der Waals surface area contributed by atoms with Crippen molar-refractivity contribution in [3.63, 3.8) is 0 Å². The van der Waals surface area contributed by atoms with E-state index in [4.69, 9.17) is 0 Å². The first-order valence-electron chi connectivity index (χ1n) is 22.7. The van der Waals surface area contributed by atoms with E-state index < -0.39 is 13.5 Å². The lowest BCUT2D eigenvalue weighted by molar-refractivity contribution is 0.754. The molecule has 65 heavy (non-hydrogen) atoms. The number of aromatic nitrogens is 1. The zero-order valence-corrected chi connectivity index (χ0v) is 37.9. The van der Waals surface area contributed by atoms with Gasteiger partial charge in [-0.05, 0) is 121 Å². The van der Waals surface area contributed by atoms with Gasteiger partial charge in [0.15, 0.2) is 0 Å². The van der Waals surface area contributed by atoms with Crippen LogP contribution in [0.4, 0.5) is 17.1 Å². The maximum absolute atomic E-state index is 2.59. The Balaban J connectivity index is 1.06. The Labute approximate surface area is 382 Å². The Morgan fingerprint density at radius 1 is 0.415 bits per heavy atom. The summed E-state index contributed by atoms with van der Waals surface area (Å²) in [5.41, 5.74) is 14.8. The number of rotatable bonds is 4. The minimum absolute atomic E-state index is 0.490. The first kappa shape index (κ1) is 36.9. The van der Waals surface area contributed by atoms with Crippen molar-refractivity contribution in [1.29, 1.82) is 0 Å². The highest BCUT2D eigenvalue weighted by molar-refractivity contribution is 7.25. The average Bonchev–Trinajstić information content (AvgIpc) is 3.90. The number of hydrogen-bond acceptors (Lipinski definition) is 2. The minimum Gasteiger partial charge on any atom is -0.310 e. The zero-order valence-electron chi connectivity index (χ0n) is 36.1. The zero-order chi connectivity index (χ0) is 43.0. The second kappa shape index (κ2) is 13.5. The third-order valence-corrected chi connectivity index (χ3v) is 19.5. The quantitative estimate of drug-likeness (QED) is 0.160. The SMILES string of the molecule is C[Si]1(C)c2ccccc2C2(c3ccccc3-c3cccc4cccc2c34)c2ccc(N(c3ccc4c(c3)sc3ccccc34)c3ccc4c(c3)c3ccccc3n4-c3ccccc3)cc21. The normalized spacial score (nSPS) is 15.7. The average molecular weight is 863 g/mol. The molecule has 1 spiro atoms. The Morgan fingerprint density at radius 3 is 1.92 bits per heavy atom. The van der Waals surface area contributed by atoms with E-state index in [2.05, 4.69) is 241 Å². The van der Waals surface area contributed by atoms with Crippen LogP contribution in [-0.4, -0.2) is 12.6 Å². The van der Waals surface area contributed by atoms with Gasteiger partial charge in [-0.25, -0.2) is 0 Å². The van der Waals surface area contributed by atoms with Crippen LogP contribution in [0.25, 0.3) is 69.6 Å². The van der Waals surface area contributed by atoms with E-state index >= 15 is 0 Å². The lowest BCUT2D eigenvalue weighted by atomic mass is 9.59. The van der Waals surface area contributed by atoms with E-state index in [1.165, 1.54) is 102 Å². The van der Waals surface area contributed by atoms with Gasteiger partial charge in [-0.15, -0.1) is 11.3 Å². The van der Waals surface area contributed by atoms with Crippen LogP contribution >= 0.6 is 11.3 Å². The first-order valence-corrected chi connectivity index (χ1v) is 26.5. The molecule has 3 heterocycles. The van der Waals surface area contributed by atoms with Gasteiger partial charge in [-0.2, -0.15) is 0 Å². The van der Waals surface area contributed by atoms with E-state index in [9.17, 15) is 0 Å². The van der Waals surface area contributed by atoms with Crippen LogP contribution in [0.5, 0.6) is 0 Å². The molecule has 10 aromatic carbocycles. The summed E-state index contributed by atoms with van der Waals surface area (Å²) in [4.78, 5) is 2.53. The maximum Gasteiger partial charge on any atom is 0.113 e. The third-order valence-electron chi connectivity index (χ3n) is 14.8. The molecule has 0 saturated carbocycles. The number of anilines is 3. The summed E-state index contributed by atoms with van der Waals surface area (Å²) in [5.74, 6) is 0. The van der Waals surface area contributed by atoms with Gasteiger partial charge in [0.1, 0.15) is 8.07 Å². The largest absolute Gasteiger partial charge is 0.310 e. The van der Waals surface area contributed by atoms with Crippen molar-refractivity contribution < 1.29 is 0 Å². The second-order valence-electron chi connectivity index (χ2n) is 18.4. The molecule has 0 saturated heterocycles. The lowest BCUT2D eigenvalue weighted by Gasteiger charge is -2.50. The van der Waals surface area contributed by atoms with Crippen molar-refractivity contribution >= 4 is 99.6 Å². The molecule has 1 atom stereocenters. The van der Waals surface area contributed by atoms with Crippen molar-refractivity contribution in [2.45, 2.75) is 18.5 Å². The molecule has 2 aromatic heterocycles. The van der Waals surface area contributed by atoms with Gasteiger partial charge in [0, 0.05) is 53.7 Å². The summed E-state index contributed by atoms with van der Waals surface area (Å²) in [6.45, 7) is 5.14. The fourth-order valence-corrected chi connectivity index (χ4v) is 16.4. The highest BCUT2D eigenvalue weighted by Crippen LogP contribution is 2.56. The predicted molar refractivity (Wildman–Crippen MR) is 280 cm³/mol. The van der Waals surface area contributed by atoms with Gasteiger partial charge in [0.05, 0.1) is 16.4 Å². The molecule has 4 heteroatoms. The summed E-state index contributed by atoms with van der Waals surface area (Å²) in [5, 5.41) is 10.7. The molecule has 14 rings (SSSR count). The molecule has 0 amide bonds. The lowest BCUT2D eigenvalue weighted by Crippen LogP contribution is -2.63. The van der Waals surface area contributed by atoms with Crippen LogP contribution in [0.15, 0.2) is 218 Å². The van der Waals surface area contributed by atoms with Crippen molar-refractivity contribution in [3.05, 3.63) is 241 Å². The maximum atomic E-state index is 2.59. The molecule has 1 aliphatic carbocycles. The Kier molecular flexibility index (Phi) is 7.67. The molecule has 2 nitrogen and oxygen atoms in total. The van der Waals surface area contributed by atoms with Crippen LogP contribution in [0, 0.1) is 0 Å². The predicted octanol–water partition coefficient (Wildman–Crippen LogP) is 15.3. The minimum atomic E-state index is -2.32. The molecule has 1 unspecified atom stereocenters. The van der Waals surface area contributed by atoms with Gasteiger partial charge in [0.2, 0.25) is 0 Å². The van der Waals surface area contributed by atoms with Crippen molar-refractivity contribution in [2.24, 2.45) is 0 Å². The molecule has 0 N–H and O–H groups in total. The van der Waals surface area contributed by atoms with E-state index in [1.807, 2.05) is 11.3 Å². The molecule has 0 radical (unpaired) electrons. The van der Waals surface area contributed by atoms with Gasteiger partial charge in [0.25, 0.3) is 0 Å². The highest BCUT2D eigenvalue weighted by atomic mass is 32.1. The van der Waals surface area contributed by atoms with E-state index in [0.717, 1.165) is 17.1 Å². The summed E-state index contributed by atoms with van der Waals surface area (Å²) in [6.07, 6.45) is 0. The Morgan fingerprint density at radius 2 is 1.03 bits per heavy atom. The molecular weight excluding hydrogens is 821 g/mol. The first-order chi connectivity index (χ1) is 32.0. The number of para-hydroxylation sites is 2. The fraction of sp³-hybridized carbons (Fsp3) is 0.0492. The van der Waals surface area contributed by atoms with Crippen LogP contribution in [-0.2, 0) is 5.41 Å². The summed E-state index contributed by atoms with van der Waals surface area (Å²) in [6, 6.07) is 82.7. The van der Waals surface area contributed by atoms with Gasteiger partial charge in [-0.3, -0.25) is 0 Å². The fourth-order valence-electron chi connectivity index (χ4n) is 12.1. The van der Waals surface area contributed by atoms with Crippen LogP contribution in [0.1, 0.15) is 22.3 Å². The summed E-state index contributed by atoms with van der Waals surface area (Å²) in [7, 11) is -2.32. The molecule has 0 bridgehead atoms. The van der Waals surface area contributed by atoms with Crippen molar-refractivity contribution in [2.75, 3.05) is 4.90 Å². The molecule has 0 fully saturated rings. The van der Waals surface area contributed by atoms with Gasteiger partial charge >= 0.3 is 0 Å². The molecular formula is C61H42N2SSi. The van der Waals surface area contributed by atoms with Crippen LogP contribution in [0.2, 0.25) is 13.1 Å². The summed E-state index contributed by atoms with van der Waals surface area (Å²) >= 11 is 1.88. The number of fused-ring (bicyclic) bond motifs is 14. The molecule has 12 aromatic rings. The van der Waals surface area contributed by atoms with E-state index in [0.29, 0.717) is 0 Å². The van der Waals surface area contributed by atoms with E-state index in [1.54, 1.807) is 0 Å². The summed E-state index contributed by atoms with van der Waals surface area (Å²) < 4.78 is 5.02. The van der Waals surface area contributed by atoms with Crippen LogP contribution < -0.4 is 15.3 Å². The molecule has 2 aliphatic rings. The number of benzene rings is 10. The number of hydrogen-bond donors (Lipinski definition) is 0. The Bertz CT molecular complexity index is 3950. The van der Waals surface area contributed by atoms with Crippen molar-refractivity contribution in [3.8, 4) is 16.8 Å². The Hall–Kier alpha value is -7.50. The number of thiophene rings is 1. The molecule has 1 aliphatic heterocycles. The smallest absolute Gasteiger partial charge is 0.113 e. The monoisotopic (exact) mass is 862 g/mol. The van der Waals surface area contributed by atoms with Crippen LogP contribution in [0.3, 0.4) is 0 Å². The second-order valence-corrected chi connectivity index (χ2v) is 23.8. The molecule has 306 valence electrons. The highest BCUT2D eigenvalue weighted by Gasteiger charge is 2.52. The van der Waals surface area contributed by atoms with Crippen molar-refractivity contribution in [1.82, 2.24) is 4.57 Å². The van der Waals surface area contributed by atoms with E-state index in [-0.39, 0.29) is 0 Å². The topological polar surface area (TPSA) is 8.17 Å². The third kappa shape index (κ3) is 4.98. The van der Waals surface area contributed by atoms with Gasteiger partial charge < -0.3 is 9.47 Å². The standard InChI is InChI=1S/C61H42N2SSi/c1-65(2)58-29-13-10-25-51(58)61(50-24-9-6-20-44(50)48-23-14-16-39-17-15-26-53(61)60(39)48)52-34-31-43(38-59(52)65)62(42-30-33-47-46-22-8-12-28-56(46)64-57(47)37-42)41-32-35-55-49(36-41)45-21-7-11-27-54(45)63(55)40-18-4-3-5-19-40/h3-38H,1-2H3. The van der Waals surface area contributed by atoms with Gasteiger partial charge in [-0.1, -0.05) is 165 Å².